The fourth-order valence-corrected chi connectivity index (χ4v) is 5.43. The molecule has 2 aromatic heterocycles. The van der Waals surface area contributed by atoms with Gasteiger partial charge in [0.05, 0.1) is 11.3 Å². The normalized spacial score (nSPS) is 29.4. The number of hydrogen-bond donors (Lipinski definition) is 1. The summed E-state index contributed by atoms with van der Waals surface area (Å²) in [6, 6.07) is 2.14. The van der Waals surface area contributed by atoms with Gasteiger partial charge in [-0.15, -0.1) is 11.3 Å². The molecule has 0 aromatic carbocycles. The van der Waals surface area contributed by atoms with Gasteiger partial charge in [-0.2, -0.15) is 11.3 Å². The van der Waals surface area contributed by atoms with Crippen molar-refractivity contribution in [3.63, 3.8) is 0 Å². The SMILES string of the molecule is OC12CCCCC1CN(Cc1csc(-c3ccsc3)n1)CC2. The van der Waals surface area contributed by atoms with Gasteiger partial charge in [-0.1, -0.05) is 12.8 Å². The van der Waals surface area contributed by atoms with Crippen LogP contribution < -0.4 is 0 Å². The lowest BCUT2D eigenvalue weighted by Crippen LogP contribution is -2.52. The number of thiophene rings is 1. The molecule has 2 aromatic rings. The summed E-state index contributed by atoms with van der Waals surface area (Å²) in [7, 11) is 0. The van der Waals surface area contributed by atoms with Crippen LogP contribution in [0.4, 0.5) is 0 Å². The van der Waals surface area contributed by atoms with Crippen LogP contribution in [0.3, 0.4) is 0 Å². The summed E-state index contributed by atoms with van der Waals surface area (Å²) in [6.07, 6.45) is 5.59. The highest BCUT2D eigenvalue weighted by atomic mass is 32.1. The molecule has 2 fully saturated rings. The second kappa shape index (κ2) is 6.04. The van der Waals surface area contributed by atoms with Gasteiger partial charge in [-0.3, -0.25) is 4.90 Å². The van der Waals surface area contributed by atoms with Gasteiger partial charge in [0.2, 0.25) is 0 Å². The predicted molar refractivity (Wildman–Crippen MR) is 92.2 cm³/mol. The molecule has 0 amide bonds. The van der Waals surface area contributed by atoms with Crippen molar-refractivity contribution in [2.45, 2.75) is 44.2 Å². The minimum atomic E-state index is -0.376. The molecule has 4 rings (SSSR count). The third kappa shape index (κ3) is 2.87. The third-order valence-electron chi connectivity index (χ3n) is 5.22. The van der Waals surface area contributed by atoms with Gasteiger partial charge in [0.25, 0.3) is 0 Å². The highest BCUT2D eigenvalue weighted by molar-refractivity contribution is 7.14. The topological polar surface area (TPSA) is 36.4 Å². The molecule has 3 heterocycles. The van der Waals surface area contributed by atoms with E-state index >= 15 is 0 Å². The molecule has 3 nitrogen and oxygen atoms in total. The minimum Gasteiger partial charge on any atom is -0.390 e. The van der Waals surface area contributed by atoms with E-state index in [0.29, 0.717) is 5.92 Å². The van der Waals surface area contributed by atoms with E-state index in [0.717, 1.165) is 37.5 Å². The maximum absolute atomic E-state index is 10.8. The summed E-state index contributed by atoms with van der Waals surface area (Å²) in [4.78, 5) is 7.27. The van der Waals surface area contributed by atoms with Gasteiger partial charge in [0.1, 0.15) is 5.01 Å². The zero-order valence-electron chi connectivity index (χ0n) is 12.7. The van der Waals surface area contributed by atoms with Crippen molar-refractivity contribution in [1.29, 1.82) is 0 Å². The second-order valence-corrected chi connectivity index (χ2v) is 8.33. The van der Waals surface area contributed by atoms with Crippen LogP contribution in [-0.2, 0) is 6.54 Å². The van der Waals surface area contributed by atoms with Gasteiger partial charge in [-0.05, 0) is 30.7 Å². The molecule has 22 heavy (non-hydrogen) atoms. The Morgan fingerprint density at radius 3 is 3.14 bits per heavy atom. The Bertz CT molecular complexity index is 624. The first-order valence-corrected chi connectivity index (χ1v) is 9.97. The van der Waals surface area contributed by atoms with Crippen molar-refractivity contribution in [3.8, 4) is 10.6 Å². The Morgan fingerprint density at radius 1 is 1.32 bits per heavy atom. The molecule has 2 unspecified atom stereocenters. The molecule has 2 atom stereocenters. The van der Waals surface area contributed by atoms with E-state index in [1.54, 1.807) is 22.7 Å². The van der Waals surface area contributed by atoms with Crippen LogP contribution in [0, 0.1) is 5.92 Å². The lowest BCUT2D eigenvalue weighted by molar-refractivity contribution is -0.0969. The number of hydrogen-bond acceptors (Lipinski definition) is 5. The first-order valence-electron chi connectivity index (χ1n) is 8.15. The molecule has 1 saturated heterocycles. The lowest BCUT2D eigenvalue weighted by atomic mass is 9.71. The molecule has 0 bridgehead atoms. The Hall–Kier alpha value is -0.750. The minimum absolute atomic E-state index is 0.376. The number of rotatable bonds is 3. The summed E-state index contributed by atoms with van der Waals surface area (Å²) < 4.78 is 0. The van der Waals surface area contributed by atoms with Crippen LogP contribution in [0.25, 0.3) is 10.6 Å². The van der Waals surface area contributed by atoms with Crippen LogP contribution in [-0.4, -0.2) is 33.7 Å². The van der Waals surface area contributed by atoms with Crippen molar-refractivity contribution in [2.24, 2.45) is 5.92 Å². The number of likely N-dealkylation sites (tertiary alicyclic amines) is 1. The van der Waals surface area contributed by atoms with Gasteiger partial charge >= 0.3 is 0 Å². The number of fused-ring (bicyclic) bond motifs is 1. The number of aromatic nitrogens is 1. The quantitative estimate of drug-likeness (QED) is 0.922. The molecule has 0 radical (unpaired) electrons. The maximum Gasteiger partial charge on any atom is 0.124 e. The molecule has 1 aliphatic carbocycles. The first kappa shape index (κ1) is 14.8. The molecule has 1 aliphatic heterocycles. The molecule has 1 N–H and O–H groups in total. The van der Waals surface area contributed by atoms with Crippen LogP contribution in [0.2, 0.25) is 0 Å². The van der Waals surface area contributed by atoms with Crippen LogP contribution >= 0.6 is 22.7 Å². The number of thiazole rings is 1. The average Bonchev–Trinajstić information content (AvgIpc) is 3.18. The molecule has 1 saturated carbocycles. The van der Waals surface area contributed by atoms with Gasteiger partial charge in [0, 0.05) is 41.9 Å². The Labute approximate surface area is 139 Å². The zero-order valence-corrected chi connectivity index (χ0v) is 14.3. The van der Waals surface area contributed by atoms with Gasteiger partial charge in [-0.25, -0.2) is 4.98 Å². The summed E-state index contributed by atoms with van der Waals surface area (Å²) in [6.45, 7) is 2.95. The van der Waals surface area contributed by atoms with Gasteiger partial charge in [0.15, 0.2) is 0 Å². The maximum atomic E-state index is 10.8. The van der Waals surface area contributed by atoms with E-state index in [-0.39, 0.29) is 5.60 Å². The third-order valence-corrected chi connectivity index (χ3v) is 6.84. The Morgan fingerprint density at radius 2 is 2.27 bits per heavy atom. The molecule has 5 heteroatoms. The Balaban J connectivity index is 1.42. The van der Waals surface area contributed by atoms with Crippen molar-refractivity contribution in [2.75, 3.05) is 13.1 Å². The van der Waals surface area contributed by atoms with E-state index in [9.17, 15) is 5.11 Å². The molecular weight excluding hydrogens is 312 g/mol. The summed E-state index contributed by atoms with van der Waals surface area (Å²) in [5, 5.41) is 18.3. The highest BCUT2D eigenvalue weighted by Crippen LogP contribution is 2.40. The van der Waals surface area contributed by atoms with E-state index in [4.69, 9.17) is 4.98 Å². The van der Waals surface area contributed by atoms with Crippen LogP contribution in [0.1, 0.15) is 37.8 Å². The summed E-state index contributed by atoms with van der Waals surface area (Å²) in [5.74, 6) is 0.463. The molecular formula is C17H22N2OS2. The number of nitrogens with zero attached hydrogens (tertiary/aromatic N) is 2. The van der Waals surface area contributed by atoms with E-state index in [1.807, 2.05) is 0 Å². The van der Waals surface area contributed by atoms with E-state index in [2.05, 4.69) is 27.1 Å². The fraction of sp³-hybridized carbons (Fsp3) is 0.588. The molecule has 2 aliphatic rings. The van der Waals surface area contributed by atoms with E-state index < -0.39 is 0 Å². The molecule has 0 spiro atoms. The predicted octanol–water partition coefficient (Wildman–Crippen LogP) is 4.00. The number of piperidine rings is 1. The fourth-order valence-electron chi connectivity index (χ4n) is 3.91. The highest BCUT2D eigenvalue weighted by Gasteiger charge is 2.42. The van der Waals surface area contributed by atoms with Crippen molar-refractivity contribution >= 4 is 22.7 Å². The van der Waals surface area contributed by atoms with Crippen molar-refractivity contribution in [3.05, 3.63) is 27.9 Å². The Kier molecular flexibility index (Phi) is 4.07. The summed E-state index contributed by atoms with van der Waals surface area (Å²) >= 11 is 3.46. The smallest absolute Gasteiger partial charge is 0.124 e. The summed E-state index contributed by atoms with van der Waals surface area (Å²) in [5.41, 5.74) is 2.03. The second-order valence-electron chi connectivity index (χ2n) is 6.69. The standard InChI is InChI=1S/C17H22N2OS2/c20-17-5-2-1-3-14(17)9-19(7-6-17)10-15-12-22-16(18-15)13-4-8-21-11-13/h4,8,11-12,14,20H,1-3,5-7,9-10H2. The van der Waals surface area contributed by atoms with Crippen LogP contribution in [0.5, 0.6) is 0 Å². The van der Waals surface area contributed by atoms with Crippen LogP contribution in [0.15, 0.2) is 22.2 Å². The first-order chi connectivity index (χ1) is 10.7. The lowest BCUT2D eigenvalue weighted by Gasteiger charge is -2.47. The largest absolute Gasteiger partial charge is 0.390 e. The monoisotopic (exact) mass is 334 g/mol. The van der Waals surface area contributed by atoms with E-state index in [1.165, 1.54) is 30.5 Å². The zero-order chi connectivity index (χ0) is 15.0. The number of aliphatic hydroxyl groups is 1. The molecule has 118 valence electrons. The van der Waals surface area contributed by atoms with Crippen molar-refractivity contribution < 1.29 is 5.11 Å². The van der Waals surface area contributed by atoms with Gasteiger partial charge < -0.3 is 5.11 Å². The van der Waals surface area contributed by atoms with Crippen molar-refractivity contribution in [1.82, 2.24) is 9.88 Å². The average molecular weight is 335 g/mol.